The summed E-state index contributed by atoms with van der Waals surface area (Å²) >= 11 is 5.68. The fourth-order valence-corrected chi connectivity index (χ4v) is 1.27. The van der Waals surface area contributed by atoms with Crippen LogP contribution in [0.2, 0.25) is 5.02 Å². The molecule has 0 unspecified atom stereocenters. The smallest absolute Gasteiger partial charge is 0.249 e. The van der Waals surface area contributed by atoms with E-state index in [0.29, 0.717) is 16.6 Å². The number of furan rings is 1. The molecule has 2 rings (SSSR count). The van der Waals surface area contributed by atoms with E-state index in [9.17, 15) is 4.79 Å². The van der Waals surface area contributed by atoms with Crippen molar-refractivity contribution in [3.8, 4) is 0 Å². The first-order valence-corrected chi connectivity index (χ1v) is 5.26. The van der Waals surface area contributed by atoms with E-state index in [4.69, 9.17) is 16.0 Å². The topological polar surface area (TPSA) is 55.1 Å². The standard InChI is InChI=1S/C12H9ClN2O2/c13-9-3-5-11(14-8-9)15-12(16)6-4-10-2-1-7-17-10/h1-8H,(H,14,15,16). The van der Waals surface area contributed by atoms with Gasteiger partial charge in [-0.15, -0.1) is 0 Å². The Kier molecular flexibility index (Phi) is 3.57. The molecule has 0 atom stereocenters. The van der Waals surface area contributed by atoms with Crippen molar-refractivity contribution in [1.82, 2.24) is 4.98 Å². The van der Waals surface area contributed by atoms with E-state index in [0.717, 1.165) is 0 Å². The number of anilines is 1. The van der Waals surface area contributed by atoms with E-state index in [1.165, 1.54) is 12.3 Å². The summed E-state index contributed by atoms with van der Waals surface area (Å²) < 4.78 is 5.05. The highest BCUT2D eigenvalue weighted by Gasteiger charge is 1.99. The third kappa shape index (κ3) is 3.46. The highest BCUT2D eigenvalue weighted by atomic mass is 35.5. The highest BCUT2D eigenvalue weighted by Crippen LogP contribution is 2.09. The monoisotopic (exact) mass is 248 g/mol. The predicted octanol–water partition coefficient (Wildman–Crippen LogP) is 2.98. The Balaban J connectivity index is 1.95. The lowest BCUT2D eigenvalue weighted by molar-refractivity contribution is -0.111. The number of hydrogen-bond acceptors (Lipinski definition) is 3. The van der Waals surface area contributed by atoms with Crippen LogP contribution in [0.15, 0.2) is 47.2 Å². The van der Waals surface area contributed by atoms with Gasteiger partial charge in [-0.2, -0.15) is 0 Å². The fraction of sp³-hybridized carbons (Fsp3) is 0. The molecular formula is C12H9ClN2O2. The maximum absolute atomic E-state index is 11.5. The Morgan fingerprint density at radius 3 is 2.94 bits per heavy atom. The van der Waals surface area contributed by atoms with Crippen molar-refractivity contribution in [2.45, 2.75) is 0 Å². The van der Waals surface area contributed by atoms with Crippen LogP contribution >= 0.6 is 11.6 Å². The van der Waals surface area contributed by atoms with Crippen LogP contribution in [0.25, 0.3) is 6.08 Å². The van der Waals surface area contributed by atoms with Crippen LogP contribution in [0.5, 0.6) is 0 Å². The first kappa shape index (κ1) is 11.4. The summed E-state index contributed by atoms with van der Waals surface area (Å²) in [5.41, 5.74) is 0. The number of aromatic nitrogens is 1. The number of carbonyl (C=O) groups is 1. The maximum Gasteiger partial charge on any atom is 0.249 e. The molecule has 5 heteroatoms. The molecule has 86 valence electrons. The Labute approximate surface area is 103 Å². The van der Waals surface area contributed by atoms with E-state index in [1.54, 1.807) is 36.6 Å². The minimum absolute atomic E-state index is 0.281. The number of nitrogens with one attached hydrogen (secondary N) is 1. The summed E-state index contributed by atoms with van der Waals surface area (Å²) in [4.78, 5) is 15.4. The molecule has 0 fully saturated rings. The van der Waals surface area contributed by atoms with Crippen LogP contribution in [0, 0.1) is 0 Å². The SMILES string of the molecule is O=C(C=Cc1ccco1)Nc1ccc(Cl)cn1. The predicted molar refractivity (Wildman–Crippen MR) is 65.6 cm³/mol. The normalized spacial score (nSPS) is 10.6. The summed E-state index contributed by atoms with van der Waals surface area (Å²) in [7, 11) is 0. The Morgan fingerprint density at radius 2 is 2.29 bits per heavy atom. The molecule has 4 nitrogen and oxygen atoms in total. The average Bonchev–Trinajstić information content (AvgIpc) is 2.83. The minimum Gasteiger partial charge on any atom is -0.465 e. The molecule has 0 spiro atoms. The van der Waals surface area contributed by atoms with Crippen LogP contribution in [0.1, 0.15) is 5.76 Å². The first-order valence-electron chi connectivity index (χ1n) is 4.88. The van der Waals surface area contributed by atoms with E-state index in [1.807, 2.05) is 0 Å². The first-order chi connectivity index (χ1) is 8.24. The second-order valence-corrected chi connectivity index (χ2v) is 3.64. The third-order valence-electron chi connectivity index (χ3n) is 1.92. The van der Waals surface area contributed by atoms with Crippen molar-refractivity contribution < 1.29 is 9.21 Å². The number of amides is 1. The number of pyridine rings is 1. The molecule has 1 amide bonds. The van der Waals surface area contributed by atoms with Crippen molar-refractivity contribution in [1.29, 1.82) is 0 Å². The van der Waals surface area contributed by atoms with Gasteiger partial charge in [0, 0.05) is 12.3 Å². The van der Waals surface area contributed by atoms with E-state index < -0.39 is 0 Å². The van der Waals surface area contributed by atoms with E-state index in [2.05, 4.69) is 10.3 Å². The van der Waals surface area contributed by atoms with Gasteiger partial charge in [0.05, 0.1) is 11.3 Å². The Morgan fingerprint density at radius 1 is 1.41 bits per heavy atom. The number of hydrogen-bond donors (Lipinski definition) is 1. The summed E-state index contributed by atoms with van der Waals surface area (Å²) in [5, 5.41) is 3.12. The quantitative estimate of drug-likeness (QED) is 0.850. The molecule has 0 aliphatic carbocycles. The van der Waals surface area contributed by atoms with Crippen LogP contribution in [0.4, 0.5) is 5.82 Å². The van der Waals surface area contributed by atoms with Gasteiger partial charge < -0.3 is 9.73 Å². The number of nitrogens with zero attached hydrogens (tertiary/aromatic N) is 1. The molecule has 0 saturated carbocycles. The molecule has 1 N–H and O–H groups in total. The second-order valence-electron chi connectivity index (χ2n) is 3.20. The fourth-order valence-electron chi connectivity index (χ4n) is 1.16. The van der Waals surface area contributed by atoms with Crippen LogP contribution in [0.3, 0.4) is 0 Å². The van der Waals surface area contributed by atoms with Gasteiger partial charge in [-0.25, -0.2) is 4.98 Å². The van der Waals surface area contributed by atoms with Gasteiger partial charge in [0.15, 0.2) is 0 Å². The van der Waals surface area contributed by atoms with Crippen LogP contribution < -0.4 is 5.32 Å². The molecule has 0 saturated heterocycles. The Bertz CT molecular complexity index is 518. The van der Waals surface area contributed by atoms with E-state index >= 15 is 0 Å². The van der Waals surface area contributed by atoms with Crippen molar-refractivity contribution in [3.63, 3.8) is 0 Å². The lowest BCUT2D eigenvalue weighted by Crippen LogP contribution is -2.08. The van der Waals surface area contributed by atoms with Crippen molar-refractivity contribution >= 4 is 29.4 Å². The minimum atomic E-state index is -0.281. The van der Waals surface area contributed by atoms with Gasteiger partial charge in [0.25, 0.3) is 0 Å². The third-order valence-corrected chi connectivity index (χ3v) is 2.14. The van der Waals surface area contributed by atoms with Gasteiger partial charge in [-0.1, -0.05) is 11.6 Å². The molecule has 0 aliphatic heterocycles. The van der Waals surface area contributed by atoms with Crippen molar-refractivity contribution in [3.05, 3.63) is 53.6 Å². The summed E-state index contributed by atoms with van der Waals surface area (Å²) in [6.07, 6.45) is 5.95. The number of halogens is 1. The molecule has 2 aromatic heterocycles. The van der Waals surface area contributed by atoms with Crippen LogP contribution in [-0.2, 0) is 4.79 Å². The van der Waals surface area contributed by atoms with Crippen molar-refractivity contribution in [2.24, 2.45) is 0 Å². The van der Waals surface area contributed by atoms with E-state index in [-0.39, 0.29) is 5.91 Å². The zero-order valence-corrected chi connectivity index (χ0v) is 9.52. The van der Waals surface area contributed by atoms with Gasteiger partial charge in [0.1, 0.15) is 11.6 Å². The summed E-state index contributed by atoms with van der Waals surface area (Å²) in [6, 6.07) is 6.78. The number of carbonyl (C=O) groups excluding carboxylic acids is 1. The lowest BCUT2D eigenvalue weighted by atomic mass is 10.4. The average molecular weight is 249 g/mol. The maximum atomic E-state index is 11.5. The number of rotatable bonds is 3. The summed E-state index contributed by atoms with van der Waals surface area (Å²) in [5.74, 6) is 0.781. The van der Waals surface area contributed by atoms with Gasteiger partial charge in [-0.05, 0) is 30.3 Å². The highest BCUT2D eigenvalue weighted by molar-refractivity contribution is 6.30. The molecule has 0 bridgehead atoms. The van der Waals surface area contributed by atoms with Gasteiger partial charge >= 0.3 is 0 Å². The van der Waals surface area contributed by atoms with Gasteiger partial charge in [-0.3, -0.25) is 4.79 Å². The Hall–Kier alpha value is -2.07. The lowest BCUT2D eigenvalue weighted by Gasteiger charge is -1.99. The molecule has 0 radical (unpaired) electrons. The van der Waals surface area contributed by atoms with Crippen LogP contribution in [-0.4, -0.2) is 10.9 Å². The molecule has 0 aromatic carbocycles. The zero-order chi connectivity index (χ0) is 12.1. The molecule has 2 heterocycles. The zero-order valence-electron chi connectivity index (χ0n) is 8.76. The molecule has 2 aromatic rings. The molecular weight excluding hydrogens is 240 g/mol. The summed E-state index contributed by atoms with van der Waals surface area (Å²) in [6.45, 7) is 0. The van der Waals surface area contributed by atoms with Crippen molar-refractivity contribution in [2.75, 3.05) is 5.32 Å². The largest absolute Gasteiger partial charge is 0.465 e. The molecule has 17 heavy (non-hydrogen) atoms. The molecule has 0 aliphatic rings. The second kappa shape index (κ2) is 5.32. The van der Waals surface area contributed by atoms with Gasteiger partial charge in [0.2, 0.25) is 5.91 Å².